The van der Waals surface area contributed by atoms with Crippen LogP contribution in [-0.4, -0.2) is 30.8 Å². The lowest BCUT2D eigenvalue weighted by atomic mass is 10.1. The summed E-state index contributed by atoms with van der Waals surface area (Å²) in [5.74, 6) is 0.170. The Hall–Kier alpha value is -3.57. The lowest BCUT2D eigenvalue weighted by Crippen LogP contribution is -2.27. The number of rotatable bonds is 7. The highest BCUT2D eigenvalue weighted by molar-refractivity contribution is 6.37. The number of aromatic nitrogens is 4. The minimum Gasteiger partial charge on any atom is -0.444 e. The standard InChI is InChI=1S/C19H23Cl2N3O3.C14H15Cl2N3O/c1-11(2)13-8-22-10-24(17(13)25)9-14-15(20)6-12(7-16(14)21)23-18(26)27-19(3,4)5;1-8(2)10-5-18-7-19(14(10)20)6-11-12(15)3-9(17)4-13(11)16/h6-8,10-11H,9H2,1-5H3,(H,23,26);3-5,7-8H,6,17H2,1-2H3. The van der Waals surface area contributed by atoms with E-state index in [1.807, 2.05) is 27.7 Å². The lowest BCUT2D eigenvalue weighted by molar-refractivity contribution is 0.0636. The Morgan fingerprint density at radius 2 is 1.17 bits per heavy atom. The van der Waals surface area contributed by atoms with Gasteiger partial charge in [0.15, 0.2) is 0 Å². The molecule has 0 aliphatic carbocycles. The molecule has 14 heteroatoms. The first kappa shape index (κ1) is 37.9. The summed E-state index contributed by atoms with van der Waals surface area (Å²) in [7, 11) is 0. The minimum atomic E-state index is -0.618. The van der Waals surface area contributed by atoms with Gasteiger partial charge in [-0.1, -0.05) is 74.1 Å². The van der Waals surface area contributed by atoms with Crippen LogP contribution in [0.1, 0.15) is 82.6 Å². The largest absolute Gasteiger partial charge is 0.444 e. The predicted molar refractivity (Wildman–Crippen MR) is 191 cm³/mol. The minimum absolute atomic E-state index is 0.0591. The monoisotopic (exact) mass is 722 g/mol. The van der Waals surface area contributed by atoms with Crippen molar-refractivity contribution in [1.29, 1.82) is 0 Å². The van der Waals surface area contributed by atoms with E-state index >= 15 is 0 Å². The quantitative estimate of drug-likeness (QED) is 0.183. The van der Waals surface area contributed by atoms with Gasteiger partial charge in [0.2, 0.25) is 0 Å². The molecular formula is C33H38Cl4N6O4. The van der Waals surface area contributed by atoms with Gasteiger partial charge in [-0.25, -0.2) is 14.8 Å². The van der Waals surface area contributed by atoms with Gasteiger partial charge in [0.05, 0.1) is 25.7 Å². The summed E-state index contributed by atoms with van der Waals surface area (Å²) in [6.07, 6.45) is 5.49. The van der Waals surface area contributed by atoms with Crippen molar-refractivity contribution in [2.24, 2.45) is 0 Å². The Bertz CT molecular complexity index is 1820. The van der Waals surface area contributed by atoms with E-state index in [0.717, 1.165) is 0 Å². The fourth-order valence-electron chi connectivity index (χ4n) is 4.31. The van der Waals surface area contributed by atoms with E-state index in [9.17, 15) is 14.4 Å². The number of ether oxygens (including phenoxy) is 1. The van der Waals surface area contributed by atoms with Crippen LogP contribution in [0, 0.1) is 0 Å². The number of carbonyl (C=O) groups excluding carboxylic acids is 1. The maximum absolute atomic E-state index is 12.5. The van der Waals surface area contributed by atoms with Gasteiger partial charge in [-0.15, -0.1) is 0 Å². The van der Waals surface area contributed by atoms with Gasteiger partial charge in [0.1, 0.15) is 5.60 Å². The van der Waals surface area contributed by atoms with Gasteiger partial charge in [-0.3, -0.25) is 24.0 Å². The van der Waals surface area contributed by atoms with Crippen LogP contribution in [0.5, 0.6) is 0 Å². The third-order valence-electron chi connectivity index (χ3n) is 6.71. The summed E-state index contributed by atoms with van der Waals surface area (Å²) >= 11 is 25.0. The normalized spacial score (nSPS) is 11.3. The molecular weight excluding hydrogens is 686 g/mol. The van der Waals surface area contributed by atoms with Gasteiger partial charge in [-0.05, 0) is 56.9 Å². The van der Waals surface area contributed by atoms with Crippen LogP contribution >= 0.6 is 46.4 Å². The van der Waals surface area contributed by atoms with Gasteiger partial charge in [0.25, 0.3) is 11.1 Å². The first-order valence-corrected chi connectivity index (χ1v) is 16.2. The van der Waals surface area contributed by atoms with E-state index in [1.54, 1.807) is 57.4 Å². The summed E-state index contributed by atoms with van der Waals surface area (Å²) in [4.78, 5) is 45.0. The van der Waals surface area contributed by atoms with Crippen molar-refractivity contribution in [1.82, 2.24) is 19.1 Å². The second kappa shape index (κ2) is 16.0. The molecule has 2 heterocycles. The van der Waals surface area contributed by atoms with E-state index < -0.39 is 11.7 Å². The van der Waals surface area contributed by atoms with E-state index in [2.05, 4.69) is 15.3 Å². The Morgan fingerprint density at radius 3 is 1.53 bits per heavy atom. The van der Waals surface area contributed by atoms with Gasteiger partial charge < -0.3 is 10.5 Å². The third kappa shape index (κ3) is 10.5. The predicted octanol–water partition coefficient (Wildman–Crippen LogP) is 8.37. The van der Waals surface area contributed by atoms with Crippen molar-refractivity contribution in [3.05, 3.63) is 112 Å². The molecule has 47 heavy (non-hydrogen) atoms. The van der Waals surface area contributed by atoms with Crippen molar-refractivity contribution in [2.45, 2.75) is 79.0 Å². The molecule has 4 rings (SSSR count). The molecule has 0 bridgehead atoms. The number of carbonyl (C=O) groups is 1. The number of hydrogen-bond donors (Lipinski definition) is 2. The highest BCUT2D eigenvalue weighted by Gasteiger charge is 2.18. The molecule has 0 saturated carbocycles. The number of nitrogens with two attached hydrogens (primary N) is 1. The fraction of sp³-hybridized carbons (Fsp3) is 0.364. The molecule has 0 spiro atoms. The van der Waals surface area contributed by atoms with E-state index in [1.165, 1.54) is 21.8 Å². The van der Waals surface area contributed by atoms with Crippen LogP contribution in [0.4, 0.5) is 16.2 Å². The number of benzene rings is 2. The van der Waals surface area contributed by atoms with Crippen molar-refractivity contribution >= 4 is 63.9 Å². The van der Waals surface area contributed by atoms with Crippen LogP contribution in [0.2, 0.25) is 20.1 Å². The van der Waals surface area contributed by atoms with Crippen LogP contribution in [0.25, 0.3) is 0 Å². The third-order valence-corrected chi connectivity index (χ3v) is 8.05. The molecule has 2 aromatic heterocycles. The smallest absolute Gasteiger partial charge is 0.412 e. The molecule has 0 aliphatic rings. The Kier molecular flexibility index (Phi) is 12.9. The van der Waals surface area contributed by atoms with Crippen LogP contribution in [0.3, 0.4) is 0 Å². The molecule has 4 aromatic rings. The lowest BCUT2D eigenvalue weighted by Gasteiger charge is -2.20. The molecule has 0 saturated heterocycles. The zero-order valence-corrected chi connectivity index (χ0v) is 30.2. The molecule has 10 nitrogen and oxygen atoms in total. The summed E-state index contributed by atoms with van der Waals surface area (Å²) in [6, 6.07) is 6.37. The SMILES string of the molecule is CC(C)c1cncn(Cc2c(Cl)cc(N)cc2Cl)c1=O.CC(C)c1cncn(Cc2c(Cl)cc(NC(=O)OC(C)(C)C)cc2Cl)c1=O. The number of amides is 1. The number of nitrogens with zero attached hydrogens (tertiary/aromatic N) is 4. The second-order valence-electron chi connectivity index (χ2n) is 12.4. The van der Waals surface area contributed by atoms with E-state index in [-0.39, 0.29) is 36.0 Å². The van der Waals surface area contributed by atoms with Crippen molar-refractivity contribution < 1.29 is 9.53 Å². The van der Waals surface area contributed by atoms with Crippen molar-refractivity contribution in [3.8, 4) is 0 Å². The van der Waals surface area contributed by atoms with Crippen LogP contribution < -0.4 is 22.2 Å². The van der Waals surface area contributed by atoms with Crippen LogP contribution in [0.15, 0.2) is 58.9 Å². The van der Waals surface area contributed by atoms with E-state index in [0.29, 0.717) is 53.7 Å². The van der Waals surface area contributed by atoms with E-state index in [4.69, 9.17) is 56.9 Å². The van der Waals surface area contributed by atoms with Gasteiger partial charge in [0, 0.05) is 66.1 Å². The number of anilines is 2. The molecule has 0 aliphatic heterocycles. The summed E-state index contributed by atoms with van der Waals surface area (Å²) in [6.45, 7) is 13.5. The number of nitrogens with one attached hydrogen (secondary N) is 1. The van der Waals surface area contributed by atoms with Crippen LogP contribution in [-0.2, 0) is 17.8 Å². The second-order valence-corrected chi connectivity index (χ2v) is 14.0. The summed E-state index contributed by atoms with van der Waals surface area (Å²) in [5, 5.41) is 4.14. The first-order chi connectivity index (χ1) is 21.9. The summed E-state index contributed by atoms with van der Waals surface area (Å²) in [5.41, 5.74) is 8.23. The molecule has 1 amide bonds. The number of hydrogen-bond acceptors (Lipinski definition) is 7. The highest BCUT2D eigenvalue weighted by Crippen LogP contribution is 2.30. The molecule has 0 unspecified atom stereocenters. The topological polar surface area (TPSA) is 134 Å². The first-order valence-electron chi connectivity index (χ1n) is 14.7. The molecule has 0 fully saturated rings. The van der Waals surface area contributed by atoms with Crippen molar-refractivity contribution in [3.63, 3.8) is 0 Å². The molecule has 0 atom stereocenters. The zero-order valence-electron chi connectivity index (χ0n) is 27.2. The fourth-order valence-corrected chi connectivity index (χ4v) is 5.54. The van der Waals surface area contributed by atoms with Crippen molar-refractivity contribution in [2.75, 3.05) is 11.1 Å². The average Bonchev–Trinajstić information content (AvgIpc) is 2.93. The maximum Gasteiger partial charge on any atom is 0.412 e. The summed E-state index contributed by atoms with van der Waals surface area (Å²) < 4.78 is 8.17. The zero-order chi connectivity index (χ0) is 35.2. The molecule has 252 valence electrons. The Labute approximate surface area is 293 Å². The highest BCUT2D eigenvalue weighted by atomic mass is 35.5. The molecule has 2 aromatic carbocycles. The van der Waals surface area contributed by atoms with Gasteiger partial charge >= 0.3 is 6.09 Å². The Balaban J connectivity index is 0.000000267. The Morgan fingerprint density at radius 1 is 0.787 bits per heavy atom. The number of halogens is 4. The van der Waals surface area contributed by atoms with Gasteiger partial charge in [-0.2, -0.15) is 0 Å². The number of nitrogen functional groups attached to an aromatic ring is 1. The molecule has 0 radical (unpaired) electrons. The average molecular weight is 725 g/mol. The maximum atomic E-state index is 12.5. The molecule has 3 N–H and O–H groups in total.